The molecular formula is C23H25N3O2S. The van der Waals surface area contributed by atoms with Gasteiger partial charge in [0.2, 0.25) is 5.91 Å². The van der Waals surface area contributed by atoms with Crippen molar-refractivity contribution in [1.82, 2.24) is 9.97 Å². The summed E-state index contributed by atoms with van der Waals surface area (Å²) in [5, 5.41) is 0.769. The first-order chi connectivity index (χ1) is 14.0. The van der Waals surface area contributed by atoms with Crippen molar-refractivity contribution in [3.63, 3.8) is 0 Å². The minimum atomic E-state index is 0.0504. The van der Waals surface area contributed by atoms with Crippen molar-refractivity contribution in [2.75, 3.05) is 18.2 Å². The molecular weight excluding hydrogens is 382 g/mol. The number of carbonyl (C=O) groups excluding carboxylic acids is 1. The van der Waals surface area contributed by atoms with Crippen LogP contribution in [-0.2, 0) is 11.2 Å². The van der Waals surface area contributed by atoms with Gasteiger partial charge in [0.1, 0.15) is 11.5 Å². The van der Waals surface area contributed by atoms with Crippen LogP contribution < -0.4 is 9.64 Å². The highest BCUT2D eigenvalue weighted by atomic mass is 32.2. The predicted octanol–water partition coefficient (Wildman–Crippen LogP) is 5.20. The molecule has 0 aliphatic rings. The van der Waals surface area contributed by atoms with Gasteiger partial charge in [-0.15, -0.1) is 0 Å². The number of amides is 1. The number of nitrogens with zero attached hydrogens (tertiary/aromatic N) is 3. The molecule has 0 saturated carbocycles. The average Bonchev–Trinajstić information content (AvgIpc) is 2.73. The molecule has 3 rings (SSSR count). The summed E-state index contributed by atoms with van der Waals surface area (Å²) < 4.78 is 5.81. The molecule has 150 valence electrons. The minimum Gasteiger partial charge on any atom is -0.457 e. The van der Waals surface area contributed by atoms with E-state index in [9.17, 15) is 4.79 Å². The van der Waals surface area contributed by atoms with Crippen LogP contribution in [-0.4, -0.2) is 29.2 Å². The van der Waals surface area contributed by atoms with Gasteiger partial charge in [0.25, 0.3) is 0 Å². The van der Waals surface area contributed by atoms with E-state index in [0.717, 1.165) is 39.3 Å². The highest BCUT2D eigenvalue weighted by molar-refractivity contribution is 7.98. The van der Waals surface area contributed by atoms with E-state index in [4.69, 9.17) is 4.74 Å². The summed E-state index contributed by atoms with van der Waals surface area (Å²) in [5.74, 6) is 1.57. The molecule has 0 N–H and O–H groups in total. The maximum Gasteiger partial charge on any atom is 0.227 e. The van der Waals surface area contributed by atoms with Gasteiger partial charge in [-0.25, -0.2) is 9.97 Å². The third kappa shape index (κ3) is 5.35. The lowest BCUT2D eigenvalue weighted by atomic mass is 10.1. The molecule has 5 nitrogen and oxygen atoms in total. The Morgan fingerprint density at radius 1 is 0.966 bits per heavy atom. The molecule has 0 radical (unpaired) electrons. The van der Waals surface area contributed by atoms with Crippen LogP contribution in [0.25, 0.3) is 0 Å². The molecule has 0 spiro atoms. The molecule has 0 bridgehead atoms. The molecule has 0 aliphatic heterocycles. The van der Waals surface area contributed by atoms with Crippen molar-refractivity contribution in [2.24, 2.45) is 0 Å². The van der Waals surface area contributed by atoms with E-state index in [1.165, 1.54) is 11.8 Å². The van der Waals surface area contributed by atoms with E-state index >= 15 is 0 Å². The zero-order chi connectivity index (χ0) is 20.8. The monoisotopic (exact) mass is 407 g/mol. The zero-order valence-electron chi connectivity index (χ0n) is 17.2. The lowest BCUT2D eigenvalue weighted by molar-refractivity contribution is -0.118. The molecule has 0 aliphatic carbocycles. The van der Waals surface area contributed by atoms with Crippen LogP contribution in [0.1, 0.15) is 23.4 Å². The van der Waals surface area contributed by atoms with Gasteiger partial charge in [0.05, 0.1) is 0 Å². The maximum absolute atomic E-state index is 12.7. The van der Waals surface area contributed by atoms with Gasteiger partial charge in [0.15, 0.2) is 5.16 Å². The quantitative estimate of drug-likeness (QED) is 0.398. The number of aryl methyl sites for hydroxylation is 2. The standard InChI is InChI=1S/C23H25N3O2S/c1-16-21(17(2)25-23(24-16)29-4)14-15-22(27)26(3)18-10-12-20(13-11-18)28-19-8-6-5-7-9-19/h5-13H,14-15H2,1-4H3. The second kappa shape index (κ2) is 9.56. The lowest BCUT2D eigenvalue weighted by Gasteiger charge is -2.18. The van der Waals surface area contributed by atoms with E-state index in [-0.39, 0.29) is 5.91 Å². The lowest BCUT2D eigenvalue weighted by Crippen LogP contribution is -2.26. The molecule has 0 unspecified atom stereocenters. The summed E-state index contributed by atoms with van der Waals surface area (Å²) in [5.41, 5.74) is 3.77. The van der Waals surface area contributed by atoms with Crippen LogP contribution in [0.2, 0.25) is 0 Å². The van der Waals surface area contributed by atoms with Gasteiger partial charge >= 0.3 is 0 Å². The van der Waals surface area contributed by atoms with Gasteiger partial charge in [-0.1, -0.05) is 30.0 Å². The molecule has 29 heavy (non-hydrogen) atoms. The first-order valence-electron chi connectivity index (χ1n) is 9.45. The Balaban J connectivity index is 1.61. The number of carbonyl (C=O) groups is 1. The number of ether oxygens (including phenoxy) is 1. The van der Waals surface area contributed by atoms with Gasteiger partial charge in [-0.3, -0.25) is 4.79 Å². The van der Waals surface area contributed by atoms with Crippen molar-refractivity contribution < 1.29 is 9.53 Å². The predicted molar refractivity (Wildman–Crippen MR) is 118 cm³/mol. The Bertz CT molecular complexity index is 952. The second-order valence-electron chi connectivity index (χ2n) is 6.72. The molecule has 1 amide bonds. The van der Waals surface area contributed by atoms with E-state index in [1.807, 2.05) is 74.7 Å². The molecule has 2 aromatic carbocycles. The number of anilines is 1. The summed E-state index contributed by atoms with van der Waals surface area (Å²) in [6.45, 7) is 3.95. The molecule has 1 aromatic heterocycles. The molecule has 0 saturated heterocycles. The Morgan fingerprint density at radius 2 is 1.55 bits per heavy atom. The molecule has 6 heteroatoms. The fourth-order valence-corrected chi connectivity index (χ4v) is 3.52. The fourth-order valence-electron chi connectivity index (χ4n) is 3.07. The first-order valence-corrected chi connectivity index (χ1v) is 10.7. The fraction of sp³-hybridized carbons (Fsp3) is 0.261. The molecule has 1 heterocycles. The Kier molecular flexibility index (Phi) is 6.88. The zero-order valence-corrected chi connectivity index (χ0v) is 18.0. The van der Waals surface area contributed by atoms with E-state index in [1.54, 1.807) is 11.9 Å². The second-order valence-corrected chi connectivity index (χ2v) is 7.49. The topological polar surface area (TPSA) is 55.3 Å². The number of hydrogen-bond donors (Lipinski definition) is 0. The molecule has 0 atom stereocenters. The van der Waals surface area contributed by atoms with Gasteiger partial charge in [-0.05, 0) is 68.5 Å². The Hall–Kier alpha value is -2.86. The number of para-hydroxylation sites is 1. The van der Waals surface area contributed by atoms with Crippen LogP contribution in [0, 0.1) is 13.8 Å². The van der Waals surface area contributed by atoms with Gasteiger partial charge in [0, 0.05) is 30.5 Å². The first kappa shape index (κ1) is 20.9. The summed E-state index contributed by atoms with van der Waals surface area (Å²) in [6.07, 6.45) is 3.00. The summed E-state index contributed by atoms with van der Waals surface area (Å²) in [7, 11) is 1.79. The van der Waals surface area contributed by atoms with E-state index < -0.39 is 0 Å². The number of hydrogen-bond acceptors (Lipinski definition) is 5. The number of thioether (sulfide) groups is 1. The summed E-state index contributed by atoms with van der Waals surface area (Å²) in [6, 6.07) is 17.1. The average molecular weight is 408 g/mol. The van der Waals surface area contributed by atoms with Crippen LogP contribution in [0.5, 0.6) is 11.5 Å². The molecule has 3 aromatic rings. The van der Waals surface area contributed by atoms with Gasteiger partial charge < -0.3 is 9.64 Å². The van der Waals surface area contributed by atoms with Crippen LogP contribution >= 0.6 is 11.8 Å². The van der Waals surface area contributed by atoms with Gasteiger partial charge in [-0.2, -0.15) is 0 Å². The van der Waals surface area contributed by atoms with Crippen molar-refractivity contribution in [1.29, 1.82) is 0 Å². The van der Waals surface area contributed by atoms with E-state index in [2.05, 4.69) is 9.97 Å². The van der Waals surface area contributed by atoms with Crippen LogP contribution in [0.4, 0.5) is 5.69 Å². The number of rotatable bonds is 7. The smallest absolute Gasteiger partial charge is 0.227 e. The minimum absolute atomic E-state index is 0.0504. The Labute approximate surface area is 176 Å². The van der Waals surface area contributed by atoms with Crippen LogP contribution in [0.15, 0.2) is 59.8 Å². The third-order valence-electron chi connectivity index (χ3n) is 4.75. The van der Waals surface area contributed by atoms with Crippen LogP contribution in [0.3, 0.4) is 0 Å². The van der Waals surface area contributed by atoms with Crippen molar-refractivity contribution in [2.45, 2.75) is 31.8 Å². The largest absolute Gasteiger partial charge is 0.457 e. The highest BCUT2D eigenvalue weighted by Crippen LogP contribution is 2.24. The SMILES string of the molecule is CSc1nc(C)c(CCC(=O)N(C)c2ccc(Oc3ccccc3)cc2)c(C)n1. The third-order valence-corrected chi connectivity index (χ3v) is 5.30. The van der Waals surface area contributed by atoms with Crippen molar-refractivity contribution >= 4 is 23.4 Å². The van der Waals surface area contributed by atoms with Crippen molar-refractivity contribution in [3.8, 4) is 11.5 Å². The summed E-state index contributed by atoms with van der Waals surface area (Å²) in [4.78, 5) is 23.3. The Morgan fingerprint density at radius 3 is 2.14 bits per heavy atom. The van der Waals surface area contributed by atoms with Crippen molar-refractivity contribution in [3.05, 3.63) is 71.5 Å². The summed E-state index contributed by atoms with van der Waals surface area (Å²) >= 11 is 1.53. The highest BCUT2D eigenvalue weighted by Gasteiger charge is 2.14. The molecule has 0 fully saturated rings. The maximum atomic E-state index is 12.7. The van der Waals surface area contributed by atoms with E-state index in [0.29, 0.717) is 12.8 Å². The number of benzene rings is 2. The normalized spacial score (nSPS) is 10.6. The number of aromatic nitrogens is 2.